The number of rotatable bonds is 6. The van der Waals surface area contributed by atoms with Crippen molar-refractivity contribution in [3.63, 3.8) is 0 Å². The largest absolute Gasteiger partial charge is 0.338 e. The number of anilines is 1. The van der Waals surface area contributed by atoms with E-state index in [-0.39, 0.29) is 24.1 Å². The Morgan fingerprint density at radius 3 is 2.45 bits per heavy atom. The van der Waals surface area contributed by atoms with Gasteiger partial charge in [0.1, 0.15) is 18.5 Å². The highest BCUT2D eigenvalue weighted by Crippen LogP contribution is 2.22. The summed E-state index contributed by atoms with van der Waals surface area (Å²) in [7, 11) is 0. The third kappa shape index (κ3) is 4.66. The number of amides is 2. The van der Waals surface area contributed by atoms with Crippen molar-refractivity contribution < 1.29 is 14.0 Å². The average molecular weight is 393 g/mol. The molecule has 2 aromatic carbocycles. The molecule has 0 bridgehead atoms. The van der Waals surface area contributed by atoms with Crippen molar-refractivity contribution in [3.8, 4) is 0 Å². The molecule has 1 aliphatic heterocycles. The van der Waals surface area contributed by atoms with E-state index in [0.29, 0.717) is 25.3 Å². The van der Waals surface area contributed by atoms with Gasteiger partial charge in [-0.15, -0.1) is 0 Å². The molecule has 0 radical (unpaired) electrons. The number of halogens is 1. The Labute approximate surface area is 167 Å². The van der Waals surface area contributed by atoms with E-state index >= 15 is 0 Å². The van der Waals surface area contributed by atoms with E-state index in [1.54, 1.807) is 28.0 Å². The SMILES string of the molecule is O=C(Nc1ccc(Cn2cncn2)cc1)[C@H]1CC(=O)N(Cc2ccc(F)cc2)C1. The number of nitrogens with one attached hydrogen (secondary N) is 1. The smallest absolute Gasteiger partial charge is 0.229 e. The molecule has 0 saturated carbocycles. The van der Waals surface area contributed by atoms with Gasteiger partial charge in [-0.05, 0) is 35.4 Å². The molecule has 4 rings (SSSR count). The minimum Gasteiger partial charge on any atom is -0.338 e. The number of carbonyl (C=O) groups is 2. The molecule has 148 valence electrons. The van der Waals surface area contributed by atoms with Crippen LogP contribution in [0.4, 0.5) is 10.1 Å². The standard InChI is InChI=1S/C21H20FN5O2/c22-18-5-1-15(2-6-18)10-26-12-17(9-20(26)28)21(29)25-19-7-3-16(4-8-19)11-27-14-23-13-24-27/h1-8,13-14,17H,9-12H2,(H,25,29)/t17-/m0/s1. The van der Waals surface area contributed by atoms with Crippen molar-refractivity contribution in [2.24, 2.45) is 5.92 Å². The molecule has 8 heteroatoms. The van der Waals surface area contributed by atoms with Gasteiger partial charge in [0, 0.05) is 25.2 Å². The van der Waals surface area contributed by atoms with Crippen LogP contribution in [0.5, 0.6) is 0 Å². The van der Waals surface area contributed by atoms with E-state index in [4.69, 9.17) is 0 Å². The lowest BCUT2D eigenvalue weighted by atomic mass is 10.1. The topological polar surface area (TPSA) is 80.1 Å². The lowest BCUT2D eigenvalue weighted by Gasteiger charge is -2.16. The van der Waals surface area contributed by atoms with E-state index in [0.717, 1.165) is 11.1 Å². The van der Waals surface area contributed by atoms with Crippen molar-refractivity contribution in [1.82, 2.24) is 19.7 Å². The maximum absolute atomic E-state index is 13.0. The molecule has 29 heavy (non-hydrogen) atoms. The Morgan fingerprint density at radius 1 is 1.07 bits per heavy atom. The molecule has 2 amide bonds. The summed E-state index contributed by atoms with van der Waals surface area (Å²) < 4.78 is 14.7. The number of nitrogens with zero attached hydrogens (tertiary/aromatic N) is 4. The van der Waals surface area contributed by atoms with Gasteiger partial charge in [-0.25, -0.2) is 14.1 Å². The molecular formula is C21H20FN5O2. The van der Waals surface area contributed by atoms with E-state index in [1.165, 1.54) is 18.5 Å². The van der Waals surface area contributed by atoms with Crippen LogP contribution in [0.25, 0.3) is 0 Å². The van der Waals surface area contributed by atoms with Gasteiger partial charge in [-0.3, -0.25) is 9.59 Å². The van der Waals surface area contributed by atoms with Crippen LogP contribution in [0.1, 0.15) is 17.5 Å². The van der Waals surface area contributed by atoms with Crippen molar-refractivity contribution >= 4 is 17.5 Å². The second-order valence-electron chi connectivity index (χ2n) is 7.08. The van der Waals surface area contributed by atoms with Crippen LogP contribution in [0.3, 0.4) is 0 Å². The molecule has 1 N–H and O–H groups in total. The summed E-state index contributed by atoms with van der Waals surface area (Å²) in [5, 5.41) is 6.94. The molecule has 2 heterocycles. The third-order valence-corrected chi connectivity index (χ3v) is 4.90. The van der Waals surface area contributed by atoms with Gasteiger partial charge < -0.3 is 10.2 Å². The zero-order valence-corrected chi connectivity index (χ0v) is 15.7. The van der Waals surface area contributed by atoms with Crippen LogP contribution >= 0.6 is 0 Å². The predicted molar refractivity (Wildman–Crippen MR) is 104 cm³/mol. The molecule has 7 nitrogen and oxygen atoms in total. The Kier molecular flexibility index (Phi) is 5.33. The lowest BCUT2D eigenvalue weighted by Crippen LogP contribution is -2.28. The summed E-state index contributed by atoms with van der Waals surface area (Å²) in [5.41, 5.74) is 2.56. The number of benzene rings is 2. The summed E-state index contributed by atoms with van der Waals surface area (Å²) in [6.45, 7) is 1.33. The fourth-order valence-corrected chi connectivity index (χ4v) is 3.35. The number of aromatic nitrogens is 3. The molecule has 3 aromatic rings. The third-order valence-electron chi connectivity index (χ3n) is 4.90. The molecule has 0 spiro atoms. The van der Waals surface area contributed by atoms with E-state index in [1.807, 2.05) is 24.3 Å². The van der Waals surface area contributed by atoms with Crippen molar-refractivity contribution in [2.45, 2.75) is 19.5 Å². The van der Waals surface area contributed by atoms with Gasteiger partial charge in [-0.1, -0.05) is 24.3 Å². The maximum Gasteiger partial charge on any atom is 0.229 e. The Bertz CT molecular complexity index is 987. The highest BCUT2D eigenvalue weighted by atomic mass is 19.1. The summed E-state index contributed by atoms with van der Waals surface area (Å²) in [5.74, 6) is -0.967. The first-order valence-corrected chi connectivity index (χ1v) is 9.31. The first-order chi connectivity index (χ1) is 14.1. The normalized spacial score (nSPS) is 16.2. The van der Waals surface area contributed by atoms with Crippen LogP contribution in [-0.4, -0.2) is 38.0 Å². The highest BCUT2D eigenvalue weighted by molar-refractivity contribution is 5.97. The van der Waals surface area contributed by atoms with Gasteiger partial charge in [0.25, 0.3) is 0 Å². The maximum atomic E-state index is 13.0. The quantitative estimate of drug-likeness (QED) is 0.698. The predicted octanol–water partition coefficient (Wildman–Crippen LogP) is 2.45. The molecule has 0 unspecified atom stereocenters. The van der Waals surface area contributed by atoms with E-state index < -0.39 is 5.92 Å². The summed E-state index contributed by atoms with van der Waals surface area (Å²) in [4.78, 5) is 30.4. The molecule has 1 fully saturated rings. The lowest BCUT2D eigenvalue weighted by molar-refractivity contribution is -0.128. The van der Waals surface area contributed by atoms with E-state index in [9.17, 15) is 14.0 Å². The highest BCUT2D eigenvalue weighted by Gasteiger charge is 2.34. The van der Waals surface area contributed by atoms with E-state index in [2.05, 4.69) is 15.4 Å². The first-order valence-electron chi connectivity index (χ1n) is 9.31. The first kappa shape index (κ1) is 18.8. The van der Waals surface area contributed by atoms with Crippen molar-refractivity contribution in [2.75, 3.05) is 11.9 Å². The van der Waals surface area contributed by atoms with Crippen LogP contribution in [0.15, 0.2) is 61.2 Å². The van der Waals surface area contributed by atoms with Gasteiger partial charge in [0.2, 0.25) is 11.8 Å². The van der Waals surface area contributed by atoms with Crippen LogP contribution < -0.4 is 5.32 Å². The molecule has 1 aliphatic rings. The minimum absolute atomic E-state index is 0.0716. The Morgan fingerprint density at radius 2 is 1.76 bits per heavy atom. The van der Waals surface area contributed by atoms with Crippen LogP contribution in [-0.2, 0) is 22.7 Å². The van der Waals surface area contributed by atoms with Crippen molar-refractivity contribution in [1.29, 1.82) is 0 Å². The number of hydrogen-bond acceptors (Lipinski definition) is 4. The van der Waals surface area contributed by atoms with Gasteiger partial charge >= 0.3 is 0 Å². The van der Waals surface area contributed by atoms with Crippen LogP contribution in [0, 0.1) is 11.7 Å². The van der Waals surface area contributed by atoms with Gasteiger partial charge in [-0.2, -0.15) is 5.10 Å². The molecule has 1 atom stereocenters. The summed E-state index contributed by atoms with van der Waals surface area (Å²) >= 11 is 0. The average Bonchev–Trinajstić information content (AvgIpc) is 3.35. The zero-order chi connectivity index (χ0) is 20.2. The molecular weight excluding hydrogens is 373 g/mol. The Hall–Kier alpha value is -3.55. The summed E-state index contributed by atoms with van der Waals surface area (Å²) in [6, 6.07) is 13.5. The second-order valence-corrected chi connectivity index (χ2v) is 7.08. The monoisotopic (exact) mass is 393 g/mol. The number of carbonyl (C=O) groups excluding carboxylic acids is 2. The second kappa shape index (κ2) is 8.22. The Balaban J connectivity index is 1.32. The number of likely N-dealkylation sites (tertiary alicyclic amines) is 1. The fourth-order valence-electron chi connectivity index (χ4n) is 3.35. The summed E-state index contributed by atoms with van der Waals surface area (Å²) in [6.07, 6.45) is 3.30. The molecule has 1 saturated heterocycles. The number of hydrogen-bond donors (Lipinski definition) is 1. The van der Waals surface area contributed by atoms with Gasteiger partial charge in [0.15, 0.2) is 0 Å². The van der Waals surface area contributed by atoms with Crippen LogP contribution in [0.2, 0.25) is 0 Å². The van der Waals surface area contributed by atoms with Crippen molar-refractivity contribution in [3.05, 3.63) is 78.1 Å². The molecule has 1 aromatic heterocycles. The fraction of sp³-hybridized carbons (Fsp3) is 0.238. The zero-order valence-electron chi connectivity index (χ0n) is 15.7. The molecule has 0 aliphatic carbocycles. The minimum atomic E-state index is -0.405. The van der Waals surface area contributed by atoms with Gasteiger partial charge in [0.05, 0.1) is 12.5 Å².